The molecule has 3 fully saturated rings. The van der Waals surface area contributed by atoms with Crippen molar-refractivity contribution in [2.75, 3.05) is 0 Å². The molecule has 0 aromatic rings. The van der Waals surface area contributed by atoms with Gasteiger partial charge in [0.2, 0.25) is 0 Å². The van der Waals surface area contributed by atoms with Crippen LogP contribution in [0.3, 0.4) is 0 Å². The summed E-state index contributed by atoms with van der Waals surface area (Å²) >= 11 is 0. The van der Waals surface area contributed by atoms with Gasteiger partial charge >= 0.3 is 0 Å². The zero-order chi connectivity index (χ0) is 6.77. The minimum atomic E-state index is 0.702. The van der Waals surface area contributed by atoms with E-state index in [0.717, 1.165) is 17.8 Å². The third-order valence-electron chi connectivity index (χ3n) is 3.78. The van der Waals surface area contributed by atoms with Crippen molar-refractivity contribution in [3.05, 3.63) is 6.42 Å². The fourth-order valence-corrected chi connectivity index (χ4v) is 2.88. The second kappa shape index (κ2) is 1.44. The van der Waals surface area contributed by atoms with Crippen LogP contribution in [0.15, 0.2) is 0 Å². The minimum Gasteiger partial charge on any atom is -0.0591 e. The maximum absolute atomic E-state index is 2.68. The Hall–Kier alpha value is 0. The Labute approximate surface area is 63.0 Å². The van der Waals surface area contributed by atoms with E-state index < -0.39 is 0 Å². The molecule has 3 aliphatic rings. The van der Waals surface area contributed by atoms with Gasteiger partial charge in [-0.3, -0.25) is 0 Å². The van der Waals surface area contributed by atoms with Crippen LogP contribution in [0.2, 0.25) is 0 Å². The molecule has 3 unspecified atom stereocenters. The largest absolute Gasteiger partial charge is 0.0591 e. The van der Waals surface area contributed by atoms with Crippen molar-refractivity contribution in [3.8, 4) is 0 Å². The van der Waals surface area contributed by atoms with Crippen LogP contribution in [0, 0.1) is 29.6 Å². The van der Waals surface area contributed by atoms with Crippen LogP contribution in [-0.4, -0.2) is 0 Å². The molecular formula is C10H15. The van der Waals surface area contributed by atoms with Crippen molar-refractivity contribution < 1.29 is 0 Å². The Morgan fingerprint density at radius 1 is 1.40 bits per heavy atom. The van der Waals surface area contributed by atoms with E-state index in [0.29, 0.717) is 5.41 Å². The summed E-state index contributed by atoms with van der Waals surface area (Å²) in [6.07, 6.45) is 8.78. The SMILES string of the molecule is CC1(C2CC2)[CH]C2CC2C1. The van der Waals surface area contributed by atoms with Crippen LogP contribution in [-0.2, 0) is 0 Å². The second-order valence-electron chi connectivity index (χ2n) is 4.81. The molecule has 0 spiro atoms. The van der Waals surface area contributed by atoms with Gasteiger partial charge in [0.15, 0.2) is 0 Å². The number of fused-ring (bicyclic) bond motifs is 1. The highest BCUT2D eigenvalue weighted by Gasteiger charge is 2.56. The van der Waals surface area contributed by atoms with Crippen LogP contribution < -0.4 is 0 Å². The Bertz CT molecular complexity index is 157. The van der Waals surface area contributed by atoms with Crippen molar-refractivity contribution in [2.24, 2.45) is 23.2 Å². The summed E-state index contributed by atoms with van der Waals surface area (Å²) in [5.74, 6) is 3.29. The van der Waals surface area contributed by atoms with Gasteiger partial charge in [-0.1, -0.05) is 6.92 Å². The van der Waals surface area contributed by atoms with Gasteiger partial charge < -0.3 is 0 Å². The summed E-state index contributed by atoms with van der Waals surface area (Å²) < 4.78 is 0. The summed E-state index contributed by atoms with van der Waals surface area (Å²) in [6, 6.07) is 0. The molecule has 1 radical (unpaired) electrons. The first-order valence-corrected chi connectivity index (χ1v) is 4.64. The van der Waals surface area contributed by atoms with Crippen molar-refractivity contribution >= 4 is 0 Å². The van der Waals surface area contributed by atoms with E-state index in [-0.39, 0.29) is 0 Å². The minimum absolute atomic E-state index is 0.702. The summed E-state index contributed by atoms with van der Waals surface area (Å²) in [5, 5.41) is 0. The number of hydrogen-bond donors (Lipinski definition) is 0. The Morgan fingerprint density at radius 3 is 2.70 bits per heavy atom. The van der Waals surface area contributed by atoms with Crippen molar-refractivity contribution in [1.82, 2.24) is 0 Å². The summed E-state index contributed by atoms with van der Waals surface area (Å²) in [4.78, 5) is 0. The average molecular weight is 135 g/mol. The molecule has 0 bridgehead atoms. The topological polar surface area (TPSA) is 0 Å². The molecule has 0 aromatic heterocycles. The first kappa shape index (κ1) is 5.62. The Morgan fingerprint density at radius 2 is 2.20 bits per heavy atom. The van der Waals surface area contributed by atoms with Gasteiger partial charge in [-0.05, 0) is 55.3 Å². The van der Waals surface area contributed by atoms with E-state index in [2.05, 4.69) is 13.3 Å². The predicted octanol–water partition coefficient (Wildman–Crippen LogP) is 2.65. The first-order valence-electron chi connectivity index (χ1n) is 4.64. The lowest BCUT2D eigenvalue weighted by Gasteiger charge is -2.24. The third kappa shape index (κ3) is 0.627. The molecule has 0 N–H and O–H groups in total. The maximum atomic E-state index is 2.68. The van der Waals surface area contributed by atoms with Crippen molar-refractivity contribution in [1.29, 1.82) is 0 Å². The highest BCUT2D eigenvalue weighted by molar-refractivity contribution is 5.16. The molecule has 3 aliphatic carbocycles. The Kier molecular flexibility index (Phi) is 0.810. The normalized spacial score (nSPS) is 58.5. The van der Waals surface area contributed by atoms with Gasteiger partial charge in [-0.2, -0.15) is 0 Å². The molecule has 0 nitrogen and oxygen atoms in total. The van der Waals surface area contributed by atoms with Crippen molar-refractivity contribution in [2.45, 2.75) is 32.6 Å². The van der Waals surface area contributed by atoms with Crippen LogP contribution in [0.1, 0.15) is 32.6 Å². The molecule has 3 rings (SSSR count). The quantitative estimate of drug-likeness (QED) is 0.518. The van der Waals surface area contributed by atoms with E-state index in [1.165, 1.54) is 25.7 Å². The van der Waals surface area contributed by atoms with E-state index in [1.807, 2.05) is 0 Å². The lowest BCUT2D eigenvalue weighted by Crippen LogP contribution is -2.16. The molecule has 0 amide bonds. The van der Waals surface area contributed by atoms with Gasteiger partial charge in [0.1, 0.15) is 0 Å². The highest BCUT2D eigenvalue weighted by atomic mass is 14.6. The molecule has 10 heavy (non-hydrogen) atoms. The maximum Gasteiger partial charge on any atom is -0.0261 e. The summed E-state index contributed by atoms with van der Waals surface area (Å²) in [6.45, 7) is 2.48. The highest BCUT2D eigenvalue weighted by Crippen LogP contribution is 2.65. The third-order valence-corrected chi connectivity index (χ3v) is 3.78. The molecule has 0 aromatic carbocycles. The molecule has 0 heterocycles. The molecule has 3 atom stereocenters. The molecule has 0 heteroatoms. The van der Waals surface area contributed by atoms with Crippen LogP contribution in [0.4, 0.5) is 0 Å². The monoisotopic (exact) mass is 135 g/mol. The second-order valence-corrected chi connectivity index (χ2v) is 4.81. The predicted molar refractivity (Wildman–Crippen MR) is 41.3 cm³/mol. The zero-order valence-electron chi connectivity index (χ0n) is 6.64. The van der Waals surface area contributed by atoms with E-state index in [9.17, 15) is 0 Å². The number of hydrogen-bond acceptors (Lipinski definition) is 0. The molecule has 55 valence electrons. The zero-order valence-corrected chi connectivity index (χ0v) is 6.64. The van der Waals surface area contributed by atoms with Gasteiger partial charge in [-0.25, -0.2) is 0 Å². The average Bonchev–Trinajstić information content (AvgIpc) is 2.70. The lowest BCUT2D eigenvalue weighted by molar-refractivity contribution is 0.317. The van der Waals surface area contributed by atoms with Crippen LogP contribution in [0.5, 0.6) is 0 Å². The lowest BCUT2D eigenvalue weighted by atomic mass is 9.80. The fourth-order valence-electron chi connectivity index (χ4n) is 2.88. The van der Waals surface area contributed by atoms with Gasteiger partial charge in [0, 0.05) is 0 Å². The van der Waals surface area contributed by atoms with Gasteiger partial charge in [0.05, 0.1) is 0 Å². The fraction of sp³-hybridized carbons (Fsp3) is 0.900. The summed E-state index contributed by atoms with van der Waals surface area (Å²) in [5.41, 5.74) is 0.702. The van der Waals surface area contributed by atoms with Crippen molar-refractivity contribution in [3.63, 3.8) is 0 Å². The first-order chi connectivity index (χ1) is 4.78. The van der Waals surface area contributed by atoms with E-state index >= 15 is 0 Å². The smallest absolute Gasteiger partial charge is 0.0261 e. The molecule has 0 aliphatic heterocycles. The van der Waals surface area contributed by atoms with Crippen LogP contribution >= 0.6 is 0 Å². The van der Waals surface area contributed by atoms with Gasteiger partial charge in [0.25, 0.3) is 0 Å². The molecule has 3 saturated carbocycles. The Balaban J connectivity index is 1.79. The standard InChI is InChI=1S/C10H15/c1-10(9-2-3-9)5-7-4-8(7)6-10/h5,7-9H,2-4,6H2,1H3. The number of rotatable bonds is 1. The molecule has 0 saturated heterocycles. The molecular weight excluding hydrogens is 120 g/mol. The van der Waals surface area contributed by atoms with E-state index in [1.54, 1.807) is 0 Å². The van der Waals surface area contributed by atoms with E-state index in [4.69, 9.17) is 0 Å². The van der Waals surface area contributed by atoms with Gasteiger partial charge in [-0.15, -0.1) is 0 Å². The van der Waals surface area contributed by atoms with Crippen LogP contribution in [0.25, 0.3) is 0 Å². The summed E-state index contributed by atoms with van der Waals surface area (Å²) in [7, 11) is 0.